The number of hydrogen-bond donors (Lipinski definition) is 1. The Morgan fingerprint density at radius 1 is 1.50 bits per heavy atom. The van der Waals surface area contributed by atoms with Gasteiger partial charge in [0.05, 0.1) is 7.11 Å². The smallest absolute Gasteiger partial charge is 0.214 e. The zero-order chi connectivity index (χ0) is 11.4. The summed E-state index contributed by atoms with van der Waals surface area (Å²) in [5.41, 5.74) is 6.88. The minimum Gasteiger partial charge on any atom is -0.481 e. The summed E-state index contributed by atoms with van der Waals surface area (Å²) < 4.78 is 5.13. The van der Waals surface area contributed by atoms with E-state index >= 15 is 0 Å². The van der Waals surface area contributed by atoms with Crippen molar-refractivity contribution in [2.75, 3.05) is 31.6 Å². The van der Waals surface area contributed by atoms with E-state index in [4.69, 9.17) is 10.5 Å². The molecule has 1 fully saturated rings. The Labute approximate surface area is 96.4 Å². The van der Waals surface area contributed by atoms with E-state index in [2.05, 4.69) is 9.88 Å². The second-order valence-electron chi connectivity index (χ2n) is 4.22. The van der Waals surface area contributed by atoms with E-state index in [9.17, 15) is 0 Å². The number of nitrogens with two attached hydrogens (primary N) is 1. The molecular formula is C12H19N3O. The molecule has 1 aromatic rings. The summed E-state index contributed by atoms with van der Waals surface area (Å²) in [4.78, 5) is 6.49. The van der Waals surface area contributed by atoms with Crippen molar-refractivity contribution in [1.29, 1.82) is 0 Å². The van der Waals surface area contributed by atoms with Crippen LogP contribution in [-0.2, 0) is 0 Å². The fraction of sp³-hybridized carbons (Fsp3) is 0.583. The molecule has 0 radical (unpaired) electrons. The number of anilines is 1. The maximum Gasteiger partial charge on any atom is 0.214 e. The summed E-state index contributed by atoms with van der Waals surface area (Å²) >= 11 is 0. The lowest BCUT2D eigenvalue weighted by atomic mass is 9.97. The first-order valence-corrected chi connectivity index (χ1v) is 5.78. The van der Waals surface area contributed by atoms with Crippen LogP contribution in [0.25, 0.3) is 0 Å². The Hall–Kier alpha value is -1.29. The van der Waals surface area contributed by atoms with Gasteiger partial charge in [0.25, 0.3) is 0 Å². The van der Waals surface area contributed by atoms with Gasteiger partial charge in [-0.05, 0) is 31.4 Å². The topological polar surface area (TPSA) is 51.4 Å². The lowest BCUT2D eigenvalue weighted by molar-refractivity contribution is 0.395. The van der Waals surface area contributed by atoms with Crippen LogP contribution in [0.15, 0.2) is 18.3 Å². The lowest BCUT2D eigenvalue weighted by Crippen LogP contribution is -2.36. The van der Waals surface area contributed by atoms with E-state index < -0.39 is 0 Å². The number of ether oxygens (including phenoxy) is 1. The van der Waals surface area contributed by atoms with Crippen molar-refractivity contribution >= 4 is 5.69 Å². The van der Waals surface area contributed by atoms with Crippen LogP contribution in [0.3, 0.4) is 0 Å². The van der Waals surface area contributed by atoms with Gasteiger partial charge < -0.3 is 15.4 Å². The van der Waals surface area contributed by atoms with E-state index in [1.54, 1.807) is 13.3 Å². The van der Waals surface area contributed by atoms with Crippen molar-refractivity contribution in [3.8, 4) is 5.88 Å². The van der Waals surface area contributed by atoms with E-state index in [1.165, 1.54) is 18.5 Å². The van der Waals surface area contributed by atoms with E-state index in [1.807, 2.05) is 12.1 Å². The zero-order valence-electron chi connectivity index (χ0n) is 9.72. The maximum atomic E-state index is 5.68. The molecule has 1 aliphatic rings. The Morgan fingerprint density at radius 2 is 2.25 bits per heavy atom. The maximum absolute atomic E-state index is 5.68. The molecule has 2 rings (SSSR count). The first kappa shape index (κ1) is 11.2. The van der Waals surface area contributed by atoms with Gasteiger partial charge in [-0.3, -0.25) is 0 Å². The summed E-state index contributed by atoms with van der Waals surface area (Å²) in [6.07, 6.45) is 4.16. The van der Waals surface area contributed by atoms with Crippen molar-refractivity contribution in [1.82, 2.24) is 4.98 Å². The molecule has 88 valence electrons. The highest BCUT2D eigenvalue weighted by Gasteiger charge is 2.18. The van der Waals surface area contributed by atoms with Gasteiger partial charge in [0.1, 0.15) is 0 Å². The second kappa shape index (κ2) is 5.16. The Balaban J connectivity index is 2.02. The van der Waals surface area contributed by atoms with Crippen molar-refractivity contribution in [3.63, 3.8) is 0 Å². The van der Waals surface area contributed by atoms with Crippen LogP contribution in [0.2, 0.25) is 0 Å². The minimum atomic E-state index is 0.679. The zero-order valence-corrected chi connectivity index (χ0v) is 9.72. The monoisotopic (exact) mass is 221 g/mol. The standard InChI is InChI=1S/C12H19N3O/c1-16-12-8-11(2-5-14-12)15-6-3-10(9-13)4-7-15/h2,5,8,10H,3-4,6-7,9,13H2,1H3. The number of hydrogen-bond acceptors (Lipinski definition) is 4. The molecule has 2 N–H and O–H groups in total. The van der Waals surface area contributed by atoms with Crippen molar-refractivity contribution in [2.24, 2.45) is 11.7 Å². The fourth-order valence-corrected chi connectivity index (χ4v) is 2.13. The molecule has 0 amide bonds. The number of pyridine rings is 1. The van der Waals surface area contributed by atoms with Gasteiger partial charge in [-0.25, -0.2) is 4.98 Å². The van der Waals surface area contributed by atoms with Crippen LogP contribution in [0, 0.1) is 5.92 Å². The third kappa shape index (κ3) is 2.44. The molecule has 16 heavy (non-hydrogen) atoms. The third-order valence-corrected chi connectivity index (χ3v) is 3.24. The van der Waals surface area contributed by atoms with Crippen molar-refractivity contribution < 1.29 is 4.74 Å². The fourth-order valence-electron chi connectivity index (χ4n) is 2.13. The number of nitrogens with zero attached hydrogens (tertiary/aromatic N) is 2. The Morgan fingerprint density at radius 3 is 2.88 bits per heavy atom. The second-order valence-corrected chi connectivity index (χ2v) is 4.22. The molecule has 0 saturated carbocycles. The predicted octanol–water partition coefficient (Wildman–Crippen LogP) is 1.27. The molecule has 1 aliphatic heterocycles. The molecular weight excluding hydrogens is 202 g/mol. The van der Waals surface area contributed by atoms with Crippen LogP contribution in [0.5, 0.6) is 5.88 Å². The summed E-state index contributed by atoms with van der Waals surface area (Å²) in [5, 5.41) is 0. The van der Waals surface area contributed by atoms with Crippen LogP contribution in [0.1, 0.15) is 12.8 Å². The predicted molar refractivity (Wildman–Crippen MR) is 64.8 cm³/mol. The highest BCUT2D eigenvalue weighted by Crippen LogP contribution is 2.24. The van der Waals surface area contributed by atoms with E-state index in [0.29, 0.717) is 11.8 Å². The van der Waals surface area contributed by atoms with Gasteiger partial charge in [-0.1, -0.05) is 0 Å². The quantitative estimate of drug-likeness (QED) is 0.835. The number of piperidine rings is 1. The molecule has 1 saturated heterocycles. The molecule has 0 aliphatic carbocycles. The van der Waals surface area contributed by atoms with Gasteiger partial charge in [0, 0.05) is 31.0 Å². The summed E-state index contributed by atoms with van der Waals surface area (Å²) in [6, 6.07) is 4.02. The Kier molecular flexibility index (Phi) is 3.62. The van der Waals surface area contributed by atoms with Crippen LogP contribution >= 0.6 is 0 Å². The molecule has 4 heteroatoms. The Bertz CT molecular complexity index is 335. The average molecular weight is 221 g/mol. The number of aromatic nitrogens is 1. The molecule has 0 atom stereocenters. The molecule has 0 unspecified atom stereocenters. The molecule has 0 bridgehead atoms. The molecule has 0 aromatic carbocycles. The lowest BCUT2D eigenvalue weighted by Gasteiger charge is -2.33. The summed E-state index contributed by atoms with van der Waals surface area (Å²) in [6.45, 7) is 2.97. The number of methoxy groups -OCH3 is 1. The molecule has 0 spiro atoms. The van der Waals surface area contributed by atoms with E-state index in [-0.39, 0.29) is 0 Å². The number of rotatable bonds is 3. The van der Waals surface area contributed by atoms with Crippen molar-refractivity contribution in [2.45, 2.75) is 12.8 Å². The molecule has 2 heterocycles. The van der Waals surface area contributed by atoms with Gasteiger partial charge in [0.15, 0.2) is 0 Å². The highest BCUT2D eigenvalue weighted by molar-refractivity contribution is 5.48. The van der Waals surface area contributed by atoms with Gasteiger partial charge in [-0.2, -0.15) is 0 Å². The van der Waals surface area contributed by atoms with Crippen molar-refractivity contribution in [3.05, 3.63) is 18.3 Å². The first-order valence-electron chi connectivity index (χ1n) is 5.78. The third-order valence-electron chi connectivity index (χ3n) is 3.24. The SMILES string of the molecule is COc1cc(N2CCC(CN)CC2)ccn1. The first-order chi connectivity index (χ1) is 7.83. The highest BCUT2D eigenvalue weighted by atomic mass is 16.5. The van der Waals surface area contributed by atoms with E-state index in [0.717, 1.165) is 19.6 Å². The summed E-state index contributed by atoms with van der Waals surface area (Å²) in [5.74, 6) is 1.37. The average Bonchev–Trinajstić information content (AvgIpc) is 2.39. The van der Waals surface area contributed by atoms with Gasteiger partial charge >= 0.3 is 0 Å². The van der Waals surface area contributed by atoms with Crippen LogP contribution in [0.4, 0.5) is 5.69 Å². The van der Waals surface area contributed by atoms with Crippen LogP contribution in [-0.4, -0.2) is 31.7 Å². The molecule has 4 nitrogen and oxygen atoms in total. The summed E-state index contributed by atoms with van der Waals surface area (Å²) in [7, 11) is 1.65. The normalized spacial score (nSPS) is 17.5. The largest absolute Gasteiger partial charge is 0.481 e. The minimum absolute atomic E-state index is 0.679. The van der Waals surface area contributed by atoms with Gasteiger partial charge in [0.2, 0.25) is 5.88 Å². The van der Waals surface area contributed by atoms with Gasteiger partial charge in [-0.15, -0.1) is 0 Å². The van der Waals surface area contributed by atoms with Crippen LogP contribution < -0.4 is 15.4 Å². The molecule has 1 aromatic heterocycles.